The van der Waals surface area contributed by atoms with E-state index in [-0.39, 0.29) is 12.0 Å². The summed E-state index contributed by atoms with van der Waals surface area (Å²) in [5.41, 5.74) is 3.21. The van der Waals surface area contributed by atoms with Crippen LogP contribution in [0.1, 0.15) is 36.5 Å². The molecular formula is C17H18O3S. The summed E-state index contributed by atoms with van der Waals surface area (Å²) >= 11 is 1.66. The van der Waals surface area contributed by atoms with E-state index in [1.165, 1.54) is 11.8 Å². The first kappa shape index (κ1) is 14.4. The highest BCUT2D eigenvalue weighted by Crippen LogP contribution is 2.40. The Morgan fingerprint density at radius 1 is 1.38 bits per heavy atom. The maximum Gasteiger partial charge on any atom is 0.195 e. The minimum absolute atomic E-state index is 0.0872. The van der Waals surface area contributed by atoms with Gasteiger partial charge in [0.05, 0.1) is 17.7 Å². The predicted octanol–water partition coefficient (Wildman–Crippen LogP) is 3.75. The second-order valence-corrected chi connectivity index (χ2v) is 6.30. The number of aryl methyl sites for hydroxylation is 1. The molecule has 1 aliphatic heterocycles. The number of rotatable bonds is 4. The third-order valence-corrected chi connectivity index (χ3v) is 4.91. The predicted molar refractivity (Wildman–Crippen MR) is 84.5 cm³/mol. The third kappa shape index (κ3) is 2.65. The number of unbranched alkanes of at least 4 members (excludes halogenated alkanes) is 1. The molecule has 0 atom stereocenters. The van der Waals surface area contributed by atoms with Crippen molar-refractivity contribution in [2.75, 3.05) is 0 Å². The minimum atomic E-state index is -0.274. The van der Waals surface area contributed by atoms with Gasteiger partial charge in [0, 0.05) is 16.2 Å². The highest BCUT2D eigenvalue weighted by Gasteiger charge is 2.23. The molecule has 21 heavy (non-hydrogen) atoms. The van der Waals surface area contributed by atoms with E-state index in [1.54, 1.807) is 11.8 Å². The van der Waals surface area contributed by atoms with Gasteiger partial charge in [-0.25, -0.2) is 0 Å². The Labute approximate surface area is 128 Å². The Kier molecular flexibility index (Phi) is 4.17. The standard InChI is InChI=1S/C17H18O3S/c1-2-3-4-11-5-6-15-13(7-11)17-14(10-21-15)16(19)12(8-18)9-20-17/h5-7,9,18H,2-4,8,10H2,1H3. The van der Waals surface area contributed by atoms with Gasteiger partial charge in [0.25, 0.3) is 0 Å². The monoisotopic (exact) mass is 302 g/mol. The van der Waals surface area contributed by atoms with Gasteiger partial charge in [-0.3, -0.25) is 4.79 Å². The van der Waals surface area contributed by atoms with Gasteiger partial charge in [-0.1, -0.05) is 19.4 Å². The topological polar surface area (TPSA) is 50.4 Å². The smallest absolute Gasteiger partial charge is 0.195 e. The Morgan fingerprint density at radius 2 is 2.24 bits per heavy atom. The van der Waals surface area contributed by atoms with E-state index in [2.05, 4.69) is 25.1 Å². The van der Waals surface area contributed by atoms with E-state index in [1.807, 2.05) is 0 Å². The van der Waals surface area contributed by atoms with Crippen LogP contribution in [0, 0.1) is 0 Å². The average Bonchev–Trinajstić information content (AvgIpc) is 2.53. The van der Waals surface area contributed by atoms with Crippen LogP contribution < -0.4 is 5.43 Å². The average molecular weight is 302 g/mol. The van der Waals surface area contributed by atoms with Crippen molar-refractivity contribution >= 4 is 11.8 Å². The van der Waals surface area contributed by atoms with Crippen LogP contribution in [0.25, 0.3) is 11.3 Å². The molecule has 2 heterocycles. The van der Waals surface area contributed by atoms with Gasteiger partial charge in [0.1, 0.15) is 12.0 Å². The summed E-state index contributed by atoms with van der Waals surface area (Å²) in [7, 11) is 0. The molecular weight excluding hydrogens is 284 g/mol. The molecule has 1 aliphatic rings. The van der Waals surface area contributed by atoms with Crippen molar-refractivity contribution in [3.8, 4) is 11.3 Å². The molecule has 0 amide bonds. The zero-order valence-corrected chi connectivity index (χ0v) is 12.8. The summed E-state index contributed by atoms with van der Waals surface area (Å²) in [5, 5.41) is 9.19. The highest BCUT2D eigenvalue weighted by molar-refractivity contribution is 7.98. The van der Waals surface area contributed by atoms with Crippen molar-refractivity contribution in [3.05, 3.63) is 51.4 Å². The largest absolute Gasteiger partial charge is 0.463 e. The van der Waals surface area contributed by atoms with Crippen molar-refractivity contribution < 1.29 is 9.52 Å². The molecule has 3 rings (SSSR count). The maximum absolute atomic E-state index is 12.3. The molecule has 0 bridgehead atoms. The summed E-state index contributed by atoms with van der Waals surface area (Å²) in [6, 6.07) is 6.41. The summed E-state index contributed by atoms with van der Waals surface area (Å²) in [5.74, 6) is 1.27. The number of benzene rings is 1. The Morgan fingerprint density at radius 3 is 3.00 bits per heavy atom. The lowest BCUT2D eigenvalue weighted by atomic mass is 10.0. The number of thioether (sulfide) groups is 1. The third-order valence-electron chi connectivity index (χ3n) is 3.81. The fraction of sp³-hybridized carbons (Fsp3) is 0.353. The van der Waals surface area contributed by atoms with Crippen LogP contribution in [0.15, 0.2) is 38.6 Å². The Balaban J connectivity index is 2.08. The molecule has 1 aromatic heterocycles. The molecule has 110 valence electrons. The molecule has 0 fully saturated rings. The molecule has 1 N–H and O–H groups in total. The summed E-state index contributed by atoms with van der Waals surface area (Å²) < 4.78 is 5.67. The van der Waals surface area contributed by atoms with Crippen LogP contribution in [-0.4, -0.2) is 5.11 Å². The first-order valence-corrected chi connectivity index (χ1v) is 8.23. The van der Waals surface area contributed by atoms with Gasteiger partial charge in [0.2, 0.25) is 0 Å². The lowest BCUT2D eigenvalue weighted by Crippen LogP contribution is -2.16. The van der Waals surface area contributed by atoms with Crippen LogP contribution in [0.2, 0.25) is 0 Å². The van der Waals surface area contributed by atoms with E-state index in [4.69, 9.17) is 4.42 Å². The molecule has 0 saturated carbocycles. The van der Waals surface area contributed by atoms with Gasteiger partial charge in [-0.15, -0.1) is 11.8 Å². The van der Waals surface area contributed by atoms with Crippen molar-refractivity contribution in [2.24, 2.45) is 0 Å². The first-order chi connectivity index (χ1) is 10.2. The SMILES string of the molecule is CCCCc1ccc2c(c1)-c1occ(CO)c(=O)c1CS2. The van der Waals surface area contributed by atoms with E-state index in [0.29, 0.717) is 22.6 Å². The fourth-order valence-electron chi connectivity index (χ4n) is 2.58. The molecule has 0 saturated heterocycles. The number of hydrogen-bond donors (Lipinski definition) is 1. The first-order valence-electron chi connectivity index (χ1n) is 7.25. The number of aliphatic hydroxyl groups excluding tert-OH is 1. The molecule has 0 aliphatic carbocycles. The molecule has 2 aromatic rings. The second kappa shape index (κ2) is 6.08. The zero-order chi connectivity index (χ0) is 14.8. The maximum atomic E-state index is 12.3. The molecule has 4 heteroatoms. The van der Waals surface area contributed by atoms with Crippen LogP contribution in [-0.2, 0) is 18.8 Å². The summed E-state index contributed by atoms with van der Waals surface area (Å²) in [6.45, 7) is 1.91. The van der Waals surface area contributed by atoms with Crippen LogP contribution in [0.4, 0.5) is 0 Å². The van der Waals surface area contributed by atoms with Crippen molar-refractivity contribution in [1.29, 1.82) is 0 Å². The van der Waals surface area contributed by atoms with Gasteiger partial charge >= 0.3 is 0 Å². The molecule has 0 spiro atoms. The van der Waals surface area contributed by atoms with Crippen molar-refractivity contribution in [3.63, 3.8) is 0 Å². The highest BCUT2D eigenvalue weighted by atomic mass is 32.2. The van der Waals surface area contributed by atoms with Crippen LogP contribution in [0.5, 0.6) is 0 Å². The zero-order valence-electron chi connectivity index (χ0n) is 12.0. The van der Waals surface area contributed by atoms with E-state index >= 15 is 0 Å². The van der Waals surface area contributed by atoms with Crippen LogP contribution in [0.3, 0.4) is 0 Å². The lowest BCUT2D eigenvalue weighted by Gasteiger charge is -2.18. The number of fused-ring (bicyclic) bond motifs is 3. The Bertz CT molecular complexity index is 718. The number of hydrogen-bond acceptors (Lipinski definition) is 4. The second-order valence-electron chi connectivity index (χ2n) is 5.28. The normalized spacial score (nSPS) is 12.9. The van der Waals surface area contributed by atoms with Crippen molar-refractivity contribution in [2.45, 2.75) is 43.4 Å². The van der Waals surface area contributed by atoms with Gasteiger partial charge in [-0.2, -0.15) is 0 Å². The van der Waals surface area contributed by atoms with Crippen molar-refractivity contribution in [1.82, 2.24) is 0 Å². The van der Waals surface area contributed by atoms with E-state index in [0.717, 1.165) is 29.7 Å². The van der Waals surface area contributed by atoms with E-state index in [9.17, 15) is 9.90 Å². The minimum Gasteiger partial charge on any atom is -0.463 e. The molecule has 0 unspecified atom stereocenters. The lowest BCUT2D eigenvalue weighted by molar-refractivity contribution is 0.276. The summed E-state index contributed by atoms with van der Waals surface area (Å²) in [6.07, 6.45) is 4.76. The van der Waals surface area contributed by atoms with Gasteiger partial charge in [-0.05, 0) is 30.5 Å². The Hall–Kier alpha value is -1.52. The summed E-state index contributed by atoms with van der Waals surface area (Å²) in [4.78, 5) is 13.4. The quantitative estimate of drug-likeness (QED) is 0.934. The number of aliphatic hydroxyl groups is 1. The molecule has 1 aromatic carbocycles. The van der Waals surface area contributed by atoms with E-state index < -0.39 is 0 Å². The van der Waals surface area contributed by atoms with Gasteiger partial charge in [0.15, 0.2) is 5.43 Å². The molecule has 0 radical (unpaired) electrons. The van der Waals surface area contributed by atoms with Gasteiger partial charge < -0.3 is 9.52 Å². The fourth-order valence-corrected chi connectivity index (χ4v) is 3.62. The molecule has 3 nitrogen and oxygen atoms in total. The van der Waals surface area contributed by atoms with Crippen LogP contribution >= 0.6 is 11.8 Å².